The van der Waals surface area contributed by atoms with Crippen molar-refractivity contribution in [1.29, 1.82) is 0 Å². The molecule has 1 amide bonds. The summed E-state index contributed by atoms with van der Waals surface area (Å²) >= 11 is 7.39. The Morgan fingerprint density at radius 2 is 1.82 bits per heavy atom. The average Bonchev–Trinajstić information content (AvgIpc) is 3.36. The van der Waals surface area contributed by atoms with E-state index in [4.69, 9.17) is 16.0 Å². The third-order valence-corrected chi connectivity index (χ3v) is 6.75. The van der Waals surface area contributed by atoms with Gasteiger partial charge in [-0.25, -0.2) is 4.99 Å². The van der Waals surface area contributed by atoms with E-state index < -0.39 is 6.04 Å². The fraction of sp³-hybridized carbons (Fsp3) is 0.115. The number of anilines is 1. The number of furan rings is 1. The Morgan fingerprint density at radius 3 is 2.50 bits per heavy atom. The average molecular weight is 490 g/mol. The molecule has 2 aromatic heterocycles. The monoisotopic (exact) mass is 489 g/mol. The Kier molecular flexibility index (Phi) is 5.81. The lowest BCUT2D eigenvalue weighted by Crippen LogP contribution is -2.40. The van der Waals surface area contributed by atoms with Gasteiger partial charge in [0.2, 0.25) is 0 Å². The summed E-state index contributed by atoms with van der Waals surface area (Å²) in [6.07, 6.45) is 1.71. The highest BCUT2D eigenvalue weighted by Gasteiger charge is 2.32. The molecule has 34 heavy (non-hydrogen) atoms. The lowest BCUT2D eigenvalue weighted by atomic mass is 9.95. The van der Waals surface area contributed by atoms with E-state index in [0.29, 0.717) is 37.1 Å². The van der Waals surface area contributed by atoms with E-state index in [0.717, 1.165) is 11.3 Å². The van der Waals surface area contributed by atoms with E-state index in [1.807, 2.05) is 61.5 Å². The number of allylic oxidation sites excluding steroid dienone is 1. The molecule has 4 aromatic rings. The van der Waals surface area contributed by atoms with Crippen LogP contribution in [0.1, 0.15) is 30.0 Å². The Bertz CT molecular complexity index is 1600. The van der Waals surface area contributed by atoms with Crippen LogP contribution < -0.4 is 20.2 Å². The maximum atomic E-state index is 13.6. The van der Waals surface area contributed by atoms with Crippen LogP contribution in [0.2, 0.25) is 5.02 Å². The maximum absolute atomic E-state index is 13.6. The zero-order valence-electron chi connectivity index (χ0n) is 18.4. The third-order valence-electron chi connectivity index (χ3n) is 5.52. The molecule has 1 unspecified atom stereocenters. The van der Waals surface area contributed by atoms with E-state index >= 15 is 0 Å². The van der Waals surface area contributed by atoms with Crippen molar-refractivity contribution in [2.75, 3.05) is 5.32 Å². The van der Waals surface area contributed by atoms with Gasteiger partial charge in [-0.3, -0.25) is 14.2 Å². The number of aromatic nitrogens is 1. The molecule has 6 nitrogen and oxygen atoms in total. The van der Waals surface area contributed by atoms with Gasteiger partial charge in [-0.2, -0.15) is 0 Å². The molecule has 8 heteroatoms. The minimum atomic E-state index is -0.655. The first-order chi connectivity index (χ1) is 16.4. The Hall–Kier alpha value is -3.68. The largest absolute Gasteiger partial charge is 0.462 e. The molecular weight excluding hydrogens is 470 g/mol. The minimum absolute atomic E-state index is 0.240. The van der Waals surface area contributed by atoms with E-state index in [1.54, 1.807) is 29.7 Å². The number of nitrogens with one attached hydrogen (secondary N) is 1. The standard InChI is InChI=1S/C26H20ClN3O3S/c1-15-8-13-20(33-15)14-21-25(32)30-23(17-9-11-18(27)12-10-17)22(16(2)28-26(30)34-21)24(31)29-19-6-4-3-5-7-19/h3-14,23H,1-2H3,(H,29,31)/b21-14-. The van der Waals surface area contributed by atoms with Gasteiger partial charge in [0.25, 0.3) is 11.5 Å². The molecule has 1 atom stereocenters. The highest BCUT2D eigenvalue weighted by Crippen LogP contribution is 2.31. The topological polar surface area (TPSA) is 76.6 Å². The third kappa shape index (κ3) is 4.16. The van der Waals surface area contributed by atoms with Gasteiger partial charge in [0.15, 0.2) is 4.80 Å². The number of benzene rings is 2. The Morgan fingerprint density at radius 1 is 1.09 bits per heavy atom. The van der Waals surface area contributed by atoms with Crippen molar-refractivity contribution in [3.05, 3.63) is 120 Å². The smallest absolute Gasteiger partial charge is 0.271 e. The van der Waals surface area contributed by atoms with Gasteiger partial charge in [0.05, 0.1) is 21.8 Å². The van der Waals surface area contributed by atoms with Crippen molar-refractivity contribution in [1.82, 2.24) is 4.57 Å². The number of fused-ring (bicyclic) bond motifs is 1. The van der Waals surface area contributed by atoms with Gasteiger partial charge in [0.1, 0.15) is 11.5 Å². The van der Waals surface area contributed by atoms with Crippen LogP contribution in [-0.2, 0) is 4.79 Å². The summed E-state index contributed by atoms with van der Waals surface area (Å²) in [6, 6.07) is 19.3. The fourth-order valence-electron chi connectivity index (χ4n) is 3.95. The first kappa shape index (κ1) is 22.1. The number of thiazole rings is 1. The first-order valence-electron chi connectivity index (χ1n) is 10.6. The number of carbonyl (C=O) groups is 1. The fourth-order valence-corrected chi connectivity index (χ4v) is 5.11. The van der Waals surface area contributed by atoms with Crippen LogP contribution in [-0.4, -0.2) is 10.5 Å². The van der Waals surface area contributed by atoms with Crippen molar-refractivity contribution < 1.29 is 9.21 Å². The predicted molar refractivity (Wildman–Crippen MR) is 134 cm³/mol. The lowest BCUT2D eigenvalue weighted by molar-refractivity contribution is -0.113. The number of amides is 1. The molecule has 5 rings (SSSR count). The summed E-state index contributed by atoms with van der Waals surface area (Å²) in [5, 5.41) is 3.50. The van der Waals surface area contributed by atoms with Crippen LogP contribution in [0.3, 0.4) is 0 Å². The Labute approximate surface area is 204 Å². The van der Waals surface area contributed by atoms with Crippen molar-refractivity contribution in [2.24, 2.45) is 4.99 Å². The molecule has 0 saturated heterocycles. The van der Waals surface area contributed by atoms with Crippen LogP contribution in [0.4, 0.5) is 5.69 Å². The number of hydrogen-bond acceptors (Lipinski definition) is 5. The number of para-hydroxylation sites is 1. The number of carbonyl (C=O) groups excluding carboxylic acids is 1. The second kappa shape index (κ2) is 8.93. The molecule has 0 aliphatic carbocycles. The van der Waals surface area contributed by atoms with E-state index in [1.165, 1.54) is 11.3 Å². The molecule has 0 spiro atoms. The molecule has 1 aliphatic rings. The van der Waals surface area contributed by atoms with Crippen LogP contribution in [0.25, 0.3) is 6.08 Å². The van der Waals surface area contributed by atoms with Gasteiger partial charge in [-0.15, -0.1) is 0 Å². The number of aryl methyl sites for hydroxylation is 1. The minimum Gasteiger partial charge on any atom is -0.462 e. The maximum Gasteiger partial charge on any atom is 0.271 e. The molecule has 1 N–H and O–H groups in total. The molecule has 3 heterocycles. The van der Waals surface area contributed by atoms with E-state index in [9.17, 15) is 9.59 Å². The molecule has 1 aliphatic heterocycles. The lowest BCUT2D eigenvalue weighted by Gasteiger charge is -2.25. The van der Waals surface area contributed by atoms with Crippen molar-refractivity contribution in [3.8, 4) is 0 Å². The van der Waals surface area contributed by atoms with Gasteiger partial charge in [0, 0.05) is 16.8 Å². The molecule has 0 saturated carbocycles. The predicted octanol–water partition coefficient (Wildman–Crippen LogP) is 4.43. The summed E-state index contributed by atoms with van der Waals surface area (Å²) in [4.78, 5) is 32.2. The van der Waals surface area contributed by atoms with E-state index in [2.05, 4.69) is 10.3 Å². The summed E-state index contributed by atoms with van der Waals surface area (Å²) in [5.74, 6) is 1.03. The number of halogens is 1. The summed E-state index contributed by atoms with van der Waals surface area (Å²) in [5.41, 5.74) is 2.14. The van der Waals surface area contributed by atoms with Gasteiger partial charge in [-0.1, -0.05) is 53.3 Å². The second-order valence-electron chi connectivity index (χ2n) is 7.90. The summed E-state index contributed by atoms with van der Waals surface area (Å²) < 4.78 is 7.68. The Balaban J connectivity index is 1.68. The highest BCUT2D eigenvalue weighted by molar-refractivity contribution is 7.07. The van der Waals surface area contributed by atoms with Crippen molar-refractivity contribution >= 4 is 40.6 Å². The first-order valence-corrected chi connectivity index (χ1v) is 11.8. The van der Waals surface area contributed by atoms with Gasteiger partial charge >= 0.3 is 0 Å². The molecule has 0 bridgehead atoms. The van der Waals surface area contributed by atoms with Gasteiger partial charge in [-0.05, 0) is 55.8 Å². The molecule has 0 fully saturated rings. The molecule has 0 radical (unpaired) electrons. The van der Waals surface area contributed by atoms with Crippen molar-refractivity contribution in [3.63, 3.8) is 0 Å². The normalized spacial score (nSPS) is 15.7. The molecule has 2 aromatic carbocycles. The zero-order chi connectivity index (χ0) is 23.8. The van der Waals surface area contributed by atoms with Crippen molar-refractivity contribution in [2.45, 2.75) is 19.9 Å². The highest BCUT2D eigenvalue weighted by atomic mass is 35.5. The SMILES string of the molecule is CC1=C(C(=O)Nc2ccccc2)C(c2ccc(Cl)cc2)n2c(s/c(=C\c3ccc(C)o3)c2=O)=N1. The zero-order valence-corrected chi connectivity index (χ0v) is 20.0. The van der Waals surface area contributed by atoms with Crippen LogP contribution in [0.5, 0.6) is 0 Å². The number of rotatable bonds is 4. The molecule has 170 valence electrons. The number of hydrogen-bond donors (Lipinski definition) is 1. The van der Waals surface area contributed by atoms with E-state index in [-0.39, 0.29) is 11.5 Å². The second-order valence-corrected chi connectivity index (χ2v) is 9.35. The van der Waals surface area contributed by atoms with Crippen LogP contribution in [0, 0.1) is 6.92 Å². The summed E-state index contributed by atoms with van der Waals surface area (Å²) in [6.45, 7) is 3.64. The van der Waals surface area contributed by atoms with Gasteiger partial charge < -0.3 is 9.73 Å². The quantitative estimate of drug-likeness (QED) is 0.460. The number of nitrogens with zero attached hydrogens (tertiary/aromatic N) is 2. The summed E-state index contributed by atoms with van der Waals surface area (Å²) in [7, 11) is 0. The molecular formula is C26H20ClN3O3S. The van der Waals surface area contributed by atoms with Crippen LogP contribution in [0.15, 0.2) is 92.2 Å². The van der Waals surface area contributed by atoms with Crippen LogP contribution >= 0.6 is 22.9 Å².